The fraction of sp³-hybridized carbons (Fsp3) is 0.480. The van der Waals surface area contributed by atoms with Crippen molar-refractivity contribution in [3.63, 3.8) is 0 Å². The average Bonchev–Trinajstić information content (AvgIpc) is 3.15. The number of nitrogens with zero attached hydrogens (tertiary/aromatic N) is 1. The molecule has 1 unspecified atom stereocenters. The molecule has 1 N–H and O–H groups in total. The van der Waals surface area contributed by atoms with E-state index < -0.39 is 0 Å². The molecule has 2 aromatic carbocycles. The Bertz CT molecular complexity index is 862. The van der Waals surface area contributed by atoms with Crippen LogP contribution < -0.4 is 5.32 Å². The number of nitrogens with one attached hydrogen (secondary N) is 1. The molecular weight excluding hydrogens is 399 g/mol. The maximum absolute atomic E-state index is 13.2. The minimum atomic E-state index is -0.161. The normalized spacial score (nSPS) is 19.6. The van der Waals surface area contributed by atoms with E-state index in [4.69, 9.17) is 11.6 Å². The van der Waals surface area contributed by atoms with Gasteiger partial charge in [-0.2, -0.15) is 0 Å². The Morgan fingerprint density at radius 2 is 1.87 bits per heavy atom. The van der Waals surface area contributed by atoms with E-state index in [1.54, 1.807) is 12.1 Å². The number of benzene rings is 2. The van der Waals surface area contributed by atoms with Gasteiger partial charge in [0.1, 0.15) is 5.82 Å². The van der Waals surface area contributed by atoms with Crippen molar-refractivity contribution < 1.29 is 9.18 Å². The van der Waals surface area contributed by atoms with Crippen LogP contribution in [-0.2, 0) is 11.2 Å². The molecule has 1 saturated heterocycles. The third kappa shape index (κ3) is 5.22. The van der Waals surface area contributed by atoms with Gasteiger partial charge in [-0.15, -0.1) is 11.6 Å². The predicted octanol–water partition coefficient (Wildman–Crippen LogP) is 5.69. The Morgan fingerprint density at radius 1 is 1.10 bits per heavy atom. The molecule has 4 rings (SSSR count). The zero-order valence-corrected chi connectivity index (χ0v) is 18.1. The molecule has 1 atom stereocenters. The number of hydrogen-bond donors (Lipinski definition) is 1. The second kappa shape index (κ2) is 9.93. The topological polar surface area (TPSA) is 32.3 Å². The molecule has 1 heterocycles. The summed E-state index contributed by atoms with van der Waals surface area (Å²) in [6.07, 6.45) is 5.72. The highest BCUT2D eigenvalue weighted by atomic mass is 35.5. The van der Waals surface area contributed by atoms with E-state index in [1.807, 2.05) is 18.2 Å². The van der Waals surface area contributed by atoms with Gasteiger partial charge in [0, 0.05) is 24.5 Å². The summed E-state index contributed by atoms with van der Waals surface area (Å²) in [5.41, 5.74) is 4.97. The molecule has 3 nitrogen and oxygen atoms in total. The van der Waals surface area contributed by atoms with Gasteiger partial charge >= 0.3 is 0 Å². The number of anilines is 1. The SMILES string of the molecule is O=C(CCCCl)Nc1ccc2c(c1)C(CN1CCC(c3ccc(F)cc3)CC1)CC2. The molecule has 1 fully saturated rings. The molecule has 2 aromatic rings. The van der Waals surface area contributed by atoms with Gasteiger partial charge in [-0.05, 0) is 98.0 Å². The molecule has 160 valence electrons. The summed E-state index contributed by atoms with van der Waals surface area (Å²) in [6.45, 7) is 3.25. The Morgan fingerprint density at radius 3 is 2.60 bits per heavy atom. The van der Waals surface area contributed by atoms with Crippen LogP contribution in [0.1, 0.15) is 60.6 Å². The molecule has 1 amide bonds. The number of piperidine rings is 1. The maximum atomic E-state index is 13.2. The maximum Gasteiger partial charge on any atom is 0.224 e. The molecule has 0 saturated carbocycles. The van der Waals surface area contributed by atoms with Crippen LogP contribution in [0.4, 0.5) is 10.1 Å². The van der Waals surface area contributed by atoms with E-state index in [2.05, 4.69) is 22.3 Å². The highest BCUT2D eigenvalue weighted by Gasteiger charge is 2.27. The third-order valence-electron chi connectivity index (χ3n) is 6.58. The monoisotopic (exact) mass is 428 g/mol. The van der Waals surface area contributed by atoms with Crippen molar-refractivity contribution in [3.05, 3.63) is 65.0 Å². The van der Waals surface area contributed by atoms with Crippen molar-refractivity contribution in [2.24, 2.45) is 0 Å². The number of rotatable bonds is 7. The number of amides is 1. The van der Waals surface area contributed by atoms with Crippen LogP contribution >= 0.6 is 11.6 Å². The van der Waals surface area contributed by atoms with Gasteiger partial charge in [0.15, 0.2) is 0 Å². The Labute approximate surface area is 183 Å². The molecule has 5 heteroatoms. The number of aryl methyl sites for hydroxylation is 1. The summed E-state index contributed by atoms with van der Waals surface area (Å²) in [7, 11) is 0. The van der Waals surface area contributed by atoms with Gasteiger partial charge in [0.05, 0.1) is 0 Å². The summed E-state index contributed by atoms with van der Waals surface area (Å²) in [5, 5.41) is 3.02. The number of fused-ring (bicyclic) bond motifs is 1. The first-order valence-electron chi connectivity index (χ1n) is 11.1. The molecule has 30 heavy (non-hydrogen) atoms. The smallest absolute Gasteiger partial charge is 0.224 e. The van der Waals surface area contributed by atoms with Gasteiger partial charge in [0.25, 0.3) is 0 Å². The Balaban J connectivity index is 1.33. The molecule has 0 spiro atoms. The number of likely N-dealkylation sites (tertiary alicyclic amines) is 1. The van der Waals surface area contributed by atoms with Gasteiger partial charge in [0.2, 0.25) is 5.91 Å². The second-order valence-electron chi connectivity index (χ2n) is 8.62. The van der Waals surface area contributed by atoms with Crippen LogP contribution in [0, 0.1) is 5.82 Å². The fourth-order valence-corrected chi connectivity index (χ4v) is 5.04. The summed E-state index contributed by atoms with van der Waals surface area (Å²) < 4.78 is 13.2. The van der Waals surface area contributed by atoms with Crippen LogP contribution in [0.5, 0.6) is 0 Å². The van der Waals surface area contributed by atoms with Crippen LogP contribution in [0.25, 0.3) is 0 Å². The van der Waals surface area contributed by atoms with Crippen molar-refractivity contribution in [1.29, 1.82) is 0 Å². The first-order chi connectivity index (χ1) is 14.6. The third-order valence-corrected chi connectivity index (χ3v) is 6.84. The molecular formula is C25H30ClFN2O. The van der Waals surface area contributed by atoms with Crippen molar-refractivity contribution in [3.8, 4) is 0 Å². The number of carbonyl (C=O) groups excluding carboxylic acids is 1. The largest absolute Gasteiger partial charge is 0.326 e. The van der Waals surface area contributed by atoms with E-state index in [-0.39, 0.29) is 11.7 Å². The summed E-state index contributed by atoms with van der Waals surface area (Å²) >= 11 is 5.69. The zero-order chi connectivity index (χ0) is 20.9. The number of hydrogen-bond acceptors (Lipinski definition) is 2. The quantitative estimate of drug-likeness (QED) is 0.574. The summed E-state index contributed by atoms with van der Waals surface area (Å²) in [5.74, 6) is 1.45. The lowest BCUT2D eigenvalue weighted by molar-refractivity contribution is -0.116. The van der Waals surface area contributed by atoms with Gasteiger partial charge in [-0.3, -0.25) is 4.79 Å². The van der Waals surface area contributed by atoms with Gasteiger partial charge in [-0.25, -0.2) is 4.39 Å². The lowest BCUT2D eigenvalue weighted by atomic mass is 9.89. The standard InChI is InChI=1S/C25H30ClFN2O/c26-13-1-2-25(30)28-23-10-7-20-3-4-21(24(20)16-23)17-29-14-11-19(12-15-29)18-5-8-22(27)9-6-18/h5-10,16,19,21H,1-4,11-15,17H2,(H,28,30). The fourth-order valence-electron chi connectivity index (χ4n) is 4.90. The van der Waals surface area contributed by atoms with E-state index in [1.165, 1.54) is 23.1 Å². The molecule has 0 aromatic heterocycles. The number of carbonyl (C=O) groups is 1. The van der Waals surface area contributed by atoms with Crippen molar-refractivity contribution in [1.82, 2.24) is 4.90 Å². The van der Waals surface area contributed by atoms with Gasteiger partial charge in [-0.1, -0.05) is 18.2 Å². The van der Waals surface area contributed by atoms with Crippen molar-refractivity contribution in [2.45, 2.75) is 50.4 Å². The van der Waals surface area contributed by atoms with Crippen LogP contribution in [0.3, 0.4) is 0 Å². The predicted molar refractivity (Wildman–Crippen MR) is 121 cm³/mol. The Hall–Kier alpha value is -1.91. The first kappa shape index (κ1) is 21.3. The molecule has 0 bridgehead atoms. The van der Waals surface area contributed by atoms with E-state index >= 15 is 0 Å². The second-order valence-corrected chi connectivity index (χ2v) is 8.99. The van der Waals surface area contributed by atoms with E-state index in [0.717, 1.165) is 44.6 Å². The van der Waals surface area contributed by atoms with E-state index in [0.29, 0.717) is 30.6 Å². The first-order valence-corrected chi connectivity index (χ1v) is 11.6. The van der Waals surface area contributed by atoms with Crippen LogP contribution in [-0.4, -0.2) is 36.3 Å². The van der Waals surface area contributed by atoms with Crippen molar-refractivity contribution in [2.75, 3.05) is 30.8 Å². The minimum absolute atomic E-state index is 0.0352. The number of alkyl halides is 1. The highest BCUT2D eigenvalue weighted by Crippen LogP contribution is 2.37. The molecule has 2 aliphatic rings. The minimum Gasteiger partial charge on any atom is -0.326 e. The zero-order valence-electron chi connectivity index (χ0n) is 17.4. The Kier molecular flexibility index (Phi) is 7.06. The van der Waals surface area contributed by atoms with Crippen LogP contribution in [0.2, 0.25) is 0 Å². The lowest BCUT2D eigenvalue weighted by Gasteiger charge is -2.34. The summed E-state index contributed by atoms with van der Waals surface area (Å²) in [4.78, 5) is 14.6. The van der Waals surface area contributed by atoms with Crippen molar-refractivity contribution >= 4 is 23.2 Å². The number of halogens is 2. The molecule has 1 aliphatic heterocycles. The van der Waals surface area contributed by atoms with Gasteiger partial charge < -0.3 is 10.2 Å². The average molecular weight is 429 g/mol. The van der Waals surface area contributed by atoms with E-state index in [9.17, 15) is 9.18 Å². The lowest BCUT2D eigenvalue weighted by Crippen LogP contribution is -2.35. The highest BCUT2D eigenvalue weighted by molar-refractivity contribution is 6.18. The van der Waals surface area contributed by atoms with Crippen LogP contribution in [0.15, 0.2) is 42.5 Å². The molecule has 1 aliphatic carbocycles. The summed E-state index contributed by atoms with van der Waals surface area (Å²) in [6, 6.07) is 13.4. The molecule has 0 radical (unpaired) electrons.